The SMILES string of the molecule is [O-]N(O)/C(Cl)=C(\C(Cl)=C(Cl)Cl)N1CCOCC1. The molecule has 1 aliphatic rings. The summed E-state index contributed by atoms with van der Waals surface area (Å²) in [5.41, 5.74) is 0.0779. The second-order valence-electron chi connectivity index (χ2n) is 3.09. The molecule has 1 rings (SSSR count). The van der Waals surface area contributed by atoms with E-state index in [9.17, 15) is 5.21 Å². The third-order valence-electron chi connectivity index (χ3n) is 2.06. The summed E-state index contributed by atoms with van der Waals surface area (Å²) in [6, 6.07) is 0. The Morgan fingerprint density at radius 2 is 1.71 bits per heavy atom. The van der Waals surface area contributed by atoms with Crippen molar-refractivity contribution < 1.29 is 9.94 Å². The van der Waals surface area contributed by atoms with Crippen molar-refractivity contribution in [1.29, 1.82) is 0 Å². The zero-order valence-electron chi connectivity index (χ0n) is 8.50. The molecule has 17 heavy (non-hydrogen) atoms. The van der Waals surface area contributed by atoms with Gasteiger partial charge in [0.1, 0.15) is 9.65 Å². The predicted molar refractivity (Wildman–Crippen MR) is 66.8 cm³/mol. The second-order valence-corrected chi connectivity index (χ2v) is 4.77. The monoisotopic (exact) mass is 321 g/mol. The fourth-order valence-corrected chi connectivity index (χ4v) is 1.98. The number of hydrogen-bond acceptors (Lipinski definition) is 5. The normalized spacial score (nSPS) is 17.6. The minimum Gasteiger partial charge on any atom is -0.733 e. The van der Waals surface area contributed by atoms with Crippen molar-refractivity contribution in [3.05, 3.63) is 25.6 Å². The fourth-order valence-electron chi connectivity index (χ4n) is 1.33. The molecule has 1 N–H and O–H groups in total. The number of allylic oxidation sites excluding steroid dienone is 1. The highest BCUT2D eigenvalue weighted by Gasteiger charge is 2.22. The molecule has 0 aliphatic carbocycles. The first-order valence-corrected chi connectivity index (χ1v) is 6.06. The summed E-state index contributed by atoms with van der Waals surface area (Å²) in [5.74, 6) is 0. The van der Waals surface area contributed by atoms with Crippen LogP contribution in [0.4, 0.5) is 0 Å². The van der Waals surface area contributed by atoms with Crippen LogP contribution in [-0.4, -0.2) is 41.6 Å². The number of nitrogens with zero attached hydrogens (tertiary/aromatic N) is 2. The number of hydrogen-bond donors (Lipinski definition) is 1. The van der Waals surface area contributed by atoms with Crippen LogP contribution in [0.2, 0.25) is 0 Å². The predicted octanol–water partition coefficient (Wildman–Crippen LogP) is 2.80. The third-order valence-corrected chi connectivity index (χ3v) is 3.33. The lowest BCUT2D eigenvalue weighted by atomic mass is 10.3. The van der Waals surface area contributed by atoms with Crippen LogP contribution in [0.25, 0.3) is 0 Å². The Labute approximate surface area is 118 Å². The van der Waals surface area contributed by atoms with Gasteiger partial charge in [0.05, 0.1) is 23.9 Å². The summed E-state index contributed by atoms with van der Waals surface area (Å²) in [7, 11) is 0. The van der Waals surface area contributed by atoms with Crippen molar-refractivity contribution in [1.82, 2.24) is 10.1 Å². The Bertz CT molecular complexity index is 336. The second kappa shape index (κ2) is 6.89. The summed E-state index contributed by atoms with van der Waals surface area (Å²) in [6.45, 7) is 1.80. The van der Waals surface area contributed by atoms with Crippen molar-refractivity contribution in [3.8, 4) is 0 Å². The van der Waals surface area contributed by atoms with Crippen LogP contribution in [0, 0.1) is 5.21 Å². The van der Waals surface area contributed by atoms with Gasteiger partial charge in [-0.3, -0.25) is 5.21 Å². The zero-order chi connectivity index (χ0) is 13.0. The summed E-state index contributed by atoms with van der Waals surface area (Å²) < 4.78 is 4.90. The third kappa shape index (κ3) is 4.06. The molecule has 0 atom stereocenters. The summed E-state index contributed by atoms with van der Waals surface area (Å²) in [6.07, 6.45) is 0. The van der Waals surface area contributed by atoms with E-state index in [1.165, 1.54) is 0 Å². The molecule has 1 aliphatic heterocycles. The fraction of sp³-hybridized carbons (Fsp3) is 0.500. The highest BCUT2D eigenvalue weighted by Crippen LogP contribution is 2.32. The summed E-state index contributed by atoms with van der Waals surface area (Å²) in [5, 5.41) is 18.5. The molecule has 98 valence electrons. The molecule has 0 bridgehead atoms. The molecule has 5 nitrogen and oxygen atoms in total. The molecule has 0 spiro atoms. The maximum Gasteiger partial charge on any atom is 0.143 e. The Kier molecular flexibility index (Phi) is 6.16. The average molecular weight is 323 g/mol. The van der Waals surface area contributed by atoms with Crippen molar-refractivity contribution in [2.75, 3.05) is 26.3 Å². The largest absolute Gasteiger partial charge is 0.733 e. The van der Waals surface area contributed by atoms with E-state index in [1.807, 2.05) is 0 Å². The summed E-state index contributed by atoms with van der Waals surface area (Å²) >= 11 is 22.6. The molecule has 1 saturated heterocycles. The average Bonchev–Trinajstić information content (AvgIpc) is 2.30. The number of halogens is 4. The number of rotatable bonds is 3. The van der Waals surface area contributed by atoms with Crippen LogP contribution in [0.5, 0.6) is 0 Å². The van der Waals surface area contributed by atoms with E-state index >= 15 is 0 Å². The molecule has 1 heterocycles. The standard InChI is InChI=1S/C8H9Cl4N2O3/c9-5(7(10)11)6(8(12)14(15)16)13-1-3-17-4-2-13/h15H,1-4H2/q-1/b8-6+. The topological polar surface area (TPSA) is 59.0 Å². The maximum absolute atomic E-state index is 10.8. The van der Waals surface area contributed by atoms with Gasteiger partial charge < -0.3 is 20.1 Å². The van der Waals surface area contributed by atoms with E-state index in [4.69, 9.17) is 56.3 Å². The van der Waals surface area contributed by atoms with E-state index < -0.39 is 10.4 Å². The number of morpholine rings is 1. The minimum atomic E-state index is -0.504. The van der Waals surface area contributed by atoms with Gasteiger partial charge in [-0.15, -0.1) is 0 Å². The molecule has 0 unspecified atom stereocenters. The molecule has 9 heteroatoms. The van der Waals surface area contributed by atoms with Gasteiger partial charge in [0.15, 0.2) is 0 Å². The first-order valence-electron chi connectivity index (χ1n) is 4.55. The van der Waals surface area contributed by atoms with Gasteiger partial charge in [0.25, 0.3) is 0 Å². The lowest BCUT2D eigenvalue weighted by Crippen LogP contribution is -2.37. The van der Waals surface area contributed by atoms with Crippen molar-refractivity contribution in [2.24, 2.45) is 0 Å². The Hall–Kier alpha value is 0.120. The molecular weight excluding hydrogens is 314 g/mol. The van der Waals surface area contributed by atoms with Crippen molar-refractivity contribution in [2.45, 2.75) is 0 Å². The first kappa shape index (κ1) is 15.2. The lowest BCUT2D eigenvalue weighted by molar-refractivity contribution is 0.0000158. The molecular formula is C8H9Cl4N2O3-. The van der Waals surface area contributed by atoms with Gasteiger partial charge in [-0.1, -0.05) is 46.4 Å². The van der Waals surface area contributed by atoms with Crippen LogP contribution < -0.4 is 0 Å². The molecule has 0 amide bonds. The molecule has 1 fully saturated rings. The van der Waals surface area contributed by atoms with E-state index in [2.05, 4.69) is 0 Å². The van der Waals surface area contributed by atoms with E-state index in [0.29, 0.717) is 26.3 Å². The highest BCUT2D eigenvalue weighted by molar-refractivity contribution is 6.60. The molecule has 0 radical (unpaired) electrons. The van der Waals surface area contributed by atoms with Crippen LogP contribution >= 0.6 is 46.4 Å². The van der Waals surface area contributed by atoms with Gasteiger partial charge in [-0.25, -0.2) is 0 Å². The van der Waals surface area contributed by atoms with Gasteiger partial charge in [-0.2, -0.15) is 0 Å². The van der Waals surface area contributed by atoms with Gasteiger partial charge in [-0.05, 0) is 0 Å². The molecule has 0 aromatic carbocycles. The molecule has 0 saturated carbocycles. The number of ether oxygens (including phenoxy) is 1. The molecule has 0 aromatic heterocycles. The van der Waals surface area contributed by atoms with E-state index in [1.54, 1.807) is 4.90 Å². The van der Waals surface area contributed by atoms with Crippen LogP contribution in [-0.2, 0) is 4.74 Å². The van der Waals surface area contributed by atoms with Gasteiger partial charge >= 0.3 is 0 Å². The zero-order valence-corrected chi connectivity index (χ0v) is 11.5. The smallest absolute Gasteiger partial charge is 0.143 e. The van der Waals surface area contributed by atoms with Gasteiger partial charge in [0, 0.05) is 13.1 Å². The molecule has 0 aromatic rings. The lowest BCUT2D eigenvalue weighted by Gasteiger charge is -2.34. The van der Waals surface area contributed by atoms with E-state index in [0.717, 1.165) is 0 Å². The van der Waals surface area contributed by atoms with E-state index in [-0.39, 0.29) is 15.2 Å². The van der Waals surface area contributed by atoms with Crippen LogP contribution in [0.3, 0.4) is 0 Å². The first-order chi connectivity index (χ1) is 7.95. The highest BCUT2D eigenvalue weighted by atomic mass is 35.5. The summed E-state index contributed by atoms with van der Waals surface area (Å²) in [4.78, 5) is 1.65. The van der Waals surface area contributed by atoms with Crippen molar-refractivity contribution >= 4 is 46.4 Å². The quantitative estimate of drug-likeness (QED) is 0.492. The van der Waals surface area contributed by atoms with Gasteiger partial charge in [0.2, 0.25) is 0 Å². The Morgan fingerprint density at radius 1 is 1.18 bits per heavy atom. The number of hydroxylamine groups is 2. The van der Waals surface area contributed by atoms with Crippen LogP contribution in [0.1, 0.15) is 0 Å². The van der Waals surface area contributed by atoms with Crippen LogP contribution in [0.15, 0.2) is 20.4 Å². The minimum absolute atomic E-state index is 0.0779. The Balaban J connectivity index is 3.10. The Morgan fingerprint density at radius 3 is 2.12 bits per heavy atom. The van der Waals surface area contributed by atoms with Crippen molar-refractivity contribution in [3.63, 3.8) is 0 Å². The maximum atomic E-state index is 10.8.